The fourth-order valence-electron chi connectivity index (χ4n) is 2.79. The second-order valence-corrected chi connectivity index (χ2v) is 5.71. The number of carbonyl (C=O) groups is 1. The predicted octanol–water partition coefficient (Wildman–Crippen LogP) is 2.44. The van der Waals surface area contributed by atoms with Gasteiger partial charge in [0.05, 0.1) is 0 Å². The van der Waals surface area contributed by atoms with E-state index in [0.717, 1.165) is 32.5 Å². The lowest BCUT2D eigenvalue weighted by atomic mass is 9.92. The number of amides is 1. The van der Waals surface area contributed by atoms with E-state index in [9.17, 15) is 4.79 Å². The lowest BCUT2D eigenvalue weighted by Gasteiger charge is -2.37. The Balaban J connectivity index is 1.74. The zero-order chi connectivity index (χ0) is 15.8. The van der Waals surface area contributed by atoms with Gasteiger partial charge in [-0.3, -0.25) is 0 Å². The van der Waals surface area contributed by atoms with Gasteiger partial charge in [0, 0.05) is 33.0 Å². The molecule has 1 aliphatic heterocycles. The lowest BCUT2D eigenvalue weighted by Crippen LogP contribution is -2.47. The molecule has 118 valence electrons. The van der Waals surface area contributed by atoms with Crippen molar-refractivity contribution < 1.29 is 9.53 Å². The van der Waals surface area contributed by atoms with Crippen molar-refractivity contribution in [1.82, 2.24) is 10.2 Å². The highest BCUT2D eigenvalue weighted by Gasteiger charge is 2.36. The molecule has 1 heterocycles. The second kappa shape index (κ2) is 7.86. The second-order valence-electron chi connectivity index (χ2n) is 5.71. The molecule has 4 nitrogen and oxygen atoms in total. The largest absolute Gasteiger partial charge is 0.430 e. The molecule has 0 bridgehead atoms. The average molecular weight is 300 g/mol. The first-order chi connectivity index (χ1) is 10.7. The van der Waals surface area contributed by atoms with Crippen molar-refractivity contribution in [2.75, 3.05) is 26.7 Å². The molecule has 0 aromatic heterocycles. The molecule has 1 aliphatic rings. The quantitative estimate of drug-likeness (QED) is 0.849. The molecule has 0 atom stereocenters. The van der Waals surface area contributed by atoms with Crippen LogP contribution in [0.15, 0.2) is 30.3 Å². The third-order valence-corrected chi connectivity index (χ3v) is 4.20. The van der Waals surface area contributed by atoms with Gasteiger partial charge >= 0.3 is 6.09 Å². The van der Waals surface area contributed by atoms with E-state index in [2.05, 4.69) is 40.4 Å². The molecular weight excluding hydrogens is 276 g/mol. The number of rotatable bonds is 5. The number of aryl methyl sites for hydroxylation is 1. The van der Waals surface area contributed by atoms with Crippen LogP contribution in [0.2, 0.25) is 0 Å². The van der Waals surface area contributed by atoms with Gasteiger partial charge in [-0.25, -0.2) is 4.79 Å². The molecule has 1 amide bonds. The van der Waals surface area contributed by atoms with Gasteiger partial charge in [0.1, 0.15) is 0 Å². The third-order valence-electron chi connectivity index (χ3n) is 4.20. The van der Waals surface area contributed by atoms with Gasteiger partial charge < -0.3 is 15.0 Å². The highest BCUT2D eigenvalue weighted by molar-refractivity contribution is 5.67. The van der Waals surface area contributed by atoms with Crippen LogP contribution in [0, 0.1) is 12.3 Å². The number of carbonyl (C=O) groups excluding carboxylic acids is 1. The summed E-state index contributed by atoms with van der Waals surface area (Å²) in [6.45, 7) is 2.79. The Kier molecular flexibility index (Phi) is 5.85. The minimum Gasteiger partial charge on any atom is -0.430 e. The third kappa shape index (κ3) is 4.51. The zero-order valence-electron chi connectivity index (χ0n) is 13.2. The van der Waals surface area contributed by atoms with E-state index in [4.69, 9.17) is 11.2 Å². The Morgan fingerprint density at radius 3 is 2.64 bits per heavy atom. The summed E-state index contributed by atoms with van der Waals surface area (Å²) >= 11 is 0. The number of hydrogen-bond acceptors (Lipinski definition) is 3. The smallest absolute Gasteiger partial charge is 0.408 e. The van der Waals surface area contributed by atoms with Crippen LogP contribution in [-0.4, -0.2) is 43.3 Å². The number of piperidine rings is 1. The molecular formula is C18H24N2O2. The van der Waals surface area contributed by atoms with Gasteiger partial charge in [-0.2, -0.15) is 0 Å². The number of hydrogen-bond donors (Lipinski definition) is 1. The Hall–Kier alpha value is -1.99. The Labute approximate surface area is 132 Å². The molecule has 0 saturated carbocycles. The zero-order valence-corrected chi connectivity index (χ0v) is 13.2. The summed E-state index contributed by atoms with van der Waals surface area (Å²) in [5.74, 6) is 2.68. The maximum Gasteiger partial charge on any atom is 0.408 e. The van der Waals surface area contributed by atoms with Gasteiger partial charge in [0.25, 0.3) is 0 Å². The van der Waals surface area contributed by atoms with Crippen LogP contribution in [0.3, 0.4) is 0 Å². The van der Waals surface area contributed by atoms with E-state index < -0.39 is 11.7 Å². The van der Waals surface area contributed by atoms with Crippen molar-refractivity contribution in [3.8, 4) is 12.3 Å². The molecule has 1 N–H and O–H groups in total. The number of alkyl carbamates (subject to hydrolysis) is 1. The Morgan fingerprint density at radius 1 is 1.36 bits per heavy atom. The molecule has 2 rings (SSSR count). The highest BCUT2D eigenvalue weighted by atomic mass is 16.6. The fourth-order valence-corrected chi connectivity index (χ4v) is 2.79. The maximum atomic E-state index is 11.4. The topological polar surface area (TPSA) is 41.6 Å². The van der Waals surface area contributed by atoms with Crippen LogP contribution < -0.4 is 5.32 Å². The van der Waals surface area contributed by atoms with Crippen molar-refractivity contribution in [2.45, 2.75) is 31.3 Å². The monoisotopic (exact) mass is 300 g/mol. The number of ether oxygens (including phenoxy) is 1. The number of terminal acetylenes is 1. The molecule has 0 spiro atoms. The predicted molar refractivity (Wildman–Crippen MR) is 87.5 cm³/mol. The van der Waals surface area contributed by atoms with Crippen molar-refractivity contribution >= 4 is 6.09 Å². The van der Waals surface area contributed by atoms with Crippen molar-refractivity contribution in [3.05, 3.63) is 35.9 Å². The maximum absolute atomic E-state index is 11.4. The summed E-state index contributed by atoms with van der Waals surface area (Å²) in [4.78, 5) is 13.8. The van der Waals surface area contributed by atoms with Crippen LogP contribution in [0.4, 0.5) is 4.79 Å². The normalized spacial score (nSPS) is 17.5. The summed E-state index contributed by atoms with van der Waals surface area (Å²) in [6, 6.07) is 10.5. The molecule has 1 aromatic carbocycles. The van der Waals surface area contributed by atoms with Crippen LogP contribution in [-0.2, 0) is 11.2 Å². The molecule has 1 aromatic rings. The standard InChI is InChI=1S/C18H24N2O2/c1-3-18(22-17(21)19-2)11-14-20(15-12-18)13-7-10-16-8-5-4-6-9-16/h1,4-6,8-9H,7,10-15H2,2H3,(H,19,21). The van der Waals surface area contributed by atoms with E-state index in [1.54, 1.807) is 7.05 Å². The van der Waals surface area contributed by atoms with E-state index >= 15 is 0 Å². The Bertz CT molecular complexity index is 514. The van der Waals surface area contributed by atoms with Gasteiger partial charge in [0.15, 0.2) is 5.60 Å². The van der Waals surface area contributed by atoms with Gasteiger partial charge in [-0.05, 0) is 24.9 Å². The van der Waals surface area contributed by atoms with Crippen molar-refractivity contribution in [3.63, 3.8) is 0 Å². The first-order valence-electron chi connectivity index (χ1n) is 7.82. The first-order valence-corrected chi connectivity index (χ1v) is 7.82. The van der Waals surface area contributed by atoms with Gasteiger partial charge in [0.2, 0.25) is 0 Å². The van der Waals surface area contributed by atoms with E-state index in [0.29, 0.717) is 12.8 Å². The minimum atomic E-state index is -0.740. The number of benzene rings is 1. The number of likely N-dealkylation sites (tertiary alicyclic amines) is 1. The van der Waals surface area contributed by atoms with Crippen molar-refractivity contribution in [2.24, 2.45) is 0 Å². The molecule has 0 unspecified atom stereocenters. The summed E-state index contributed by atoms with van der Waals surface area (Å²) in [5.41, 5.74) is 0.635. The van der Waals surface area contributed by atoms with Crippen LogP contribution >= 0.6 is 0 Å². The van der Waals surface area contributed by atoms with Gasteiger partial charge in [-0.15, -0.1) is 6.42 Å². The average Bonchev–Trinajstić information content (AvgIpc) is 2.57. The highest BCUT2D eigenvalue weighted by Crippen LogP contribution is 2.26. The summed E-state index contributed by atoms with van der Waals surface area (Å²) in [5, 5.41) is 2.46. The first kappa shape index (κ1) is 16.4. The van der Waals surface area contributed by atoms with E-state index in [1.807, 2.05) is 6.07 Å². The Morgan fingerprint density at radius 2 is 2.05 bits per heavy atom. The molecule has 1 saturated heterocycles. The molecule has 0 aliphatic carbocycles. The summed E-state index contributed by atoms with van der Waals surface area (Å²) in [6.07, 6.45) is 8.75. The van der Waals surface area contributed by atoms with Crippen molar-refractivity contribution in [1.29, 1.82) is 0 Å². The van der Waals surface area contributed by atoms with Crippen LogP contribution in [0.25, 0.3) is 0 Å². The van der Waals surface area contributed by atoms with E-state index in [-0.39, 0.29) is 0 Å². The number of nitrogens with one attached hydrogen (secondary N) is 1. The van der Waals surface area contributed by atoms with Crippen LogP contribution in [0.1, 0.15) is 24.8 Å². The molecule has 1 fully saturated rings. The molecule has 0 radical (unpaired) electrons. The van der Waals surface area contributed by atoms with Crippen LogP contribution in [0.5, 0.6) is 0 Å². The number of nitrogens with zero attached hydrogens (tertiary/aromatic N) is 1. The lowest BCUT2D eigenvalue weighted by molar-refractivity contribution is 0.00604. The summed E-state index contributed by atoms with van der Waals surface area (Å²) in [7, 11) is 1.55. The SMILES string of the molecule is C#CC1(OC(=O)NC)CCN(CCCc2ccccc2)CC1. The van der Waals surface area contributed by atoms with Gasteiger partial charge in [-0.1, -0.05) is 36.3 Å². The van der Waals surface area contributed by atoms with E-state index in [1.165, 1.54) is 5.56 Å². The molecule has 4 heteroatoms. The molecule has 22 heavy (non-hydrogen) atoms. The summed E-state index contributed by atoms with van der Waals surface area (Å²) < 4.78 is 5.39. The fraction of sp³-hybridized carbons (Fsp3) is 0.500. The minimum absolute atomic E-state index is 0.449.